The number of carboxylic acid groups (broad SMARTS) is 1. The van der Waals surface area contributed by atoms with Gasteiger partial charge in [0.25, 0.3) is 0 Å². The average Bonchev–Trinajstić information content (AvgIpc) is 2.15. The molecule has 0 radical (unpaired) electrons. The van der Waals surface area contributed by atoms with Gasteiger partial charge in [-0.25, -0.2) is 0 Å². The van der Waals surface area contributed by atoms with Crippen molar-refractivity contribution in [1.29, 1.82) is 0 Å². The van der Waals surface area contributed by atoms with Crippen LogP contribution in [0.2, 0.25) is 0 Å². The molecule has 1 rings (SSSR count). The highest BCUT2D eigenvalue weighted by atomic mass is 32.1. The molecule has 1 aromatic rings. The fourth-order valence-corrected chi connectivity index (χ4v) is 1.41. The minimum Gasteiger partial charge on any atom is -0.481 e. The molecule has 0 aliphatic heterocycles. The Labute approximate surface area is 83.0 Å². The van der Waals surface area contributed by atoms with Gasteiger partial charge < -0.3 is 5.11 Å². The van der Waals surface area contributed by atoms with Crippen LogP contribution in [0.3, 0.4) is 0 Å². The topological polar surface area (TPSA) is 37.3 Å². The van der Waals surface area contributed by atoms with Gasteiger partial charge in [-0.15, -0.1) is 0 Å². The Morgan fingerprint density at radius 3 is 2.46 bits per heavy atom. The van der Waals surface area contributed by atoms with Crippen molar-refractivity contribution in [3.05, 3.63) is 35.9 Å². The molecule has 0 saturated heterocycles. The maximum absolute atomic E-state index is 10.7. The van der Waals surface area contributed by atoms with Crippen molar-refractivity contribution < 1.29 is 9.90 Å². The Kier molecular flexibility index (Phi) is 3.83. The van der Waals surface area contributed by atoms with E-state index < -0.39 is 5.97 Å². The Morgan fingerprint density at radius 1 is 1.38 bits per heavy atom. The molecule has 1 atom stereocenters. The minimum absolute atomic E-state index is 0.379. The van der Waals surface area contributed by atoms with Gasteiger partial charge in [0.1, 0.15) is 0 Å². The molecule has 2 nitrogen and oxygen atoms in total. The van der Waals surface area contributed by atoms with E-state index in [9.17, 15) is 4.79 Å². The van der Waals surface area contributed by atoms with Crippen LogP contribution in [0.25, 0.3) is 0 Å². The summed E-state index contributed by atoms with van der Waals surface area (Å²) in [5.74, 6) is -0.783. The van der Waals surface area contributed by atoms with E-state index in [4.69, 9.17) is 5.11 Å². The van der Waals surface area contributed by atoms with Crippen LogP contribution in [-0.2, 0) is 11.2 Å². The summed E-state index contributed by atoms with van der Waals surface area (Å²) in [6.45, 7) is 0. The Bertz CT molecular complexity index is 272. The first kappa shape index (κ1) is 10.1. The number of benzene rings is 1. The Balaban J connectivity index is 2.62. The smallest absolute Gasteiger partial charge is 0.307 e. The van der Waals surface area contributed by atoms with E-state index >= 15 is 0 Å². The second-order valence-corrected chi connectivity index (χ2v) is 3.27. The molecular formula is C10H12O2S. The standard InChI is InChI=1S/C10H12O2S/c11-10(12)9(7-13)6-8-4-2-1-3-5-8/h1-5,9,13H,6-7H2,(H,11,12)/t9-/m1/s1. The molecule has 0 saturated carbocycles. The fourth-order valence-electron chi connectivity index (χ4n) is 1.13. The van der Waals surface area contributed by atoms with Crippen molar-refractivity contribution in [2.45, 2.75) is 6.42 Å². The van der Waals surface area contributed by atoms with Crippen molar-refractivity contribution in [3.63, 3.8) is 0 Å². The summed E-state index contributed by atoms with van der Waals surface area (Å²) >= 11 is 4.00. The van der Waals surface area contributed by atoms with Crippen LogP contribution in [0.1, 0.15) is 5.56 Å². The van der Waals surface area contributed by atoms with Crippen LogP contribution in [0, 0.1) is 5.92 Å². The van der Waals surface area contributed by atoms with E-state index in [1.165, 1.54) is 0 Å². The van der Waals surface area contributed by atoms with E-state index in [0.717, 1.165) is 5.56 Å². The third-order valence-electron chi connectivity index (χ3n) is 1.89. The third kappa shape index (κ3) is 3.11. The van der Waals surface area contributed by atoms with E-state index in [2.05, 4.69) is 12.6 Å². The van der Waals surface area contributed by atoms with Crippen LogP contribution in [0.5, 0.6) is 0 Å². The van der Waals surface area contributed by atoms with Crippen molar-refractivity contribution in [3.8, 4) is 0 Å². The quantitative estimate of drug-likeness (QED) is 0.721. The summed E-state index contributed by atoms with van der Waals surface area (Å²) in [4.78, 5) is 10.7. The number of carboxylic acids is 1. The molecular weight excluding hydrogens is 184 g/mol. The largest absolute Gasteiger partial charge is 0.481 e. The van der Waals surface area contributed by atoms with Gasteiger partial charge in [-0.1, -0.05) is 30.3 Å². The molecule has 0 fully saturated rings. The first-order valence-corrected chi connectivity index (χ1v) is 4.75. The van der Waals surface area contributed by atoms with Crippen molar-refractivity contribution >= 4 is 18.6 Å². The number of aliphatic carboxylic acids is 1. The van der Waals surface area contributed by atoms with Gasteiger partial charge in [-0.2, -0.15) is 12.6 Å². The van der Waals surface area contributed by atoms with Crippen LogP contribution < -0.4 is 0 Å². The summed E-state index contributed by atoms with van der Waals surface area (Å²) < 4.78 is 0. The highest BCUT2D eigenvalue weighted by Crippen LogP contribution is 2.10. The molecule has 0 aliphatic rings. The molecule has 1 N–H and O–H groups in total. The lowest BCUT2D eigenvalue weighted by molar-refractivity contribution is -0.140. The zero-order chi connectivity index (χ0) is 9.68. The lowest BCUT2D eigenvalue weighted by atomic mass is 10.0. The number of carbonyl (C=O) groups is 1. The second kappa shape index (κ2) is 4.92. The fraction of sp³-hybridized carbons (Fsp3) is 0.300. The molecule has 0 unspecified atom stereocenters. The van der Waals surface area contributed by atoms with E-state index in [1.54, 1.807) is 0 Å². The molecule has 70 valence electrons. The molecule has 0 spiro atoms. The first-order chi connectivity index (χ1) is 6.24. The summed E-state index contributed by atoms with van der Waals surface area (Å²) in [6.07, 6.45) is 0.555. The lowest BCUT2D eigenvalue weighted by Crippen LogP contribution is -2.17. The van der Waals surface area contributed by atoms with Gasteiger partial charge in [0.05, 0.1) is 5.92 Å². The van der Waals surface area contributed by atoms with Crippen LogP contribution >= 0.6 is 12.6 Å². The first-order valence-electron chi connectivity index (χ1n) is 4.11. The molecule has 0 amide bonds. The van der Waals surface area contributed by atoms with Crippen LogP contribution in [0.4, 0.5) is 0 Å². The van der Waals surface area contributed by atoms with Gasteiger partial charge in [0, 0.05) is 5.75 Å². The van der Waals surface area contributed by atoms with Gasteiger partial charge in [-0.3, -0.25) is 4.79 Å². The predicted molar refractivity (Wildman–Crippen MR) is 55.1 cm³/mol. The van der Waals surface area contributed by atoms with Gasteiger partial charge in [-0.05, 0) is 12.0 Å². The third-order valence-corrected chi connectivity index (χ3v) is 2.34. The maximum Gasteiger partial charge on any atom is 0.307 e. The van der Waals surface area contributed by atoms with Crippen molar-refractivity contribution in [1.82, 2.24) is 0 Å². The summed E-state index contributed by atoms with van der Waals surface area (Å²) in [6, 6.07) is 9.60. The van der Waals surface area contributed by atoms with Gasteiger partial charge in [0.15, 0.2) is 0 Å². The molecule has 0 aromatic heterocycles. The van der Waals surface area contributed by atoms with Crippen molar-refractivity contribution in [2.24, 2.45) is 5.92 Å². The molecule has 3 heteroatoms. The highest BCUT2D eigenvalue weighted by Gasteiger charge is 2.15. The average molecular weight is 196 g/mol. The zero-order valence-electron chi connectivity index (χ0n) is 7.18. The predicted octanol–water partition coefficient (Wildman–Crippen LogP) is 1.86. The zero-order valence-corrected chi connectivity index (χ0v) is 8.08. The van der Waals surface area contributed by atoms with Crippen LogP contribution in [-0.4, -0.2) is 16.8 Å². The molecule has 0 aliphatic carbocycles. The summed E-state index contributed by atoms with van der Waals surface area (Å²) in [5.41, 5.74) is 1.05. The number of thiol groups is 1. The number of hydrogen-bond acceptors (Lipinski definition) is 2. The maximum atomic E-state index is 10.7. The van der Waals surface area contributed by atoms with E-state index in [-0.39, 0.29) is 5.92 Å². The molecule has 0 heterocycles. The van der Waals surface area contributed by atoms with E-state index in [0.29, 0.717) is 12.2 Å². The Hall–Kier alpha value is -0.960. The molecule has 0 bridgehead atoms. The SMILES string of the molecule is O=C(O)[C@@H](CS)Cc1ccccc1. The van der Waals surface area contributed by atoms with Crippen molar-refractivity contribution in [2.75, 3.05) is 5.75 Å². The minimum atomic E-state index is -0.779. The lowest BCUT2D eigenvalue weighted by Gasteiger charge is -2.08. The van der Waals surface area contributed by atoms with Gasteiger partial charge >= 0.3 is 5.97 Å². The Morgan fingerprint density at radius 2 is 2.00 bits per heavy atom. The summed E-state index contributed by atoms with van der Waals surface area (Å²) in [7, 11) is 0. The number of rotatable bonds is 4. The second-order valence-electron chi connectivity index (χ2n) is 2.91. The molecule has 1 aromatic carbocycles. The molecule has 13 heavy (non-hydrogen) atoms. The van der Waals surface area contributed by atoms with Crippen LogP contribution in [0.15, 0.2) is 30.3 Å². The normalized spacial score (nSPS) is 12.4. The summed E-state index contributed by atoms with van der Waals surface area (Å²) in [5, 5.41) is 8.79. The van der Waals surface area contributed by atoms with Gasteiger partial charge in [0.2, 0.25) is 0 Å². The number of hydrogen-bond donors (Lipinski definition) is 2. The van der Waals surface area contributed by atoms with E-state index in [1.807, 2.05) is 30.3 Å². The monoisotopic (exact) mass is 196 g/mol. The highest BCUT2D eigenvalue weighted by molar-refractivity contribution is 7.80.